The monoisotopic (exact) mass is 194 g/mol. The zero-order valence-electron chi connectivity index (χ0n) is 8.75. The summed E-state index contributed by atoms with van der Waals surface area (Å²) in [5.74, 6) is 0.635. The van der Waals surface area contributed by atoms with Gasteiger partial charge in [-0.2, -0.15) is 5.26 Å². The summed E-state index contributed by atoms with van der Waals surface area (Å²) in [6, 6.07) is 2.88. The predicted octanol–water partition coefficient (Wildman–Crippen LogP) is 1.30. The summed E-state index contributed by atoms with van der Waals surface area (Å²) in [4.78, 5) is 0. The van der Waals surface area contributed by atoms with Gasteiger partial charge in [0.05, 0.1) is 11.5 Å². The highest BCUT2D eigenvalue weighted by molar-refractivity contribution is 5.17. The second-order valence-corrected chi connectivity index (χ2v) is 4.48. The molecule has 2 fully saturated rings. The van der Waals surface area contributed by atoms with Gasteiger partial charge in [-0.1, -0.05) is 0 Å². The number of ether oxygens (including phenoxy) is 1. The first-order valence-electron chi connectivity index (χ1n) is 5.49. The molecule has 0 radical (unpaired) electrons. The van der Waals surface area contributed by atoms with Crippen LogP contribution >= 0.6 is 0 Å². The summed E-state index contributed by atoms with van der Waals surface area (Å²) in [6.45, 7) is 1.73. The van der Waals surface area contributed by atoms with Gasteiger partial charge in [0.25, 0.3) is 0 Å². The molecular formula is C11H18N2O. The van der Waals surface area contributed by atoms with Crippen LogP contribution in [0.1, 0.15) is 25.7 Å². The first-order chi connectivity index (χ1) is 6.82. The molecular weight excluding hydrogens is 176 g/mol. The molecule has 1 N–H and O–H groups in total. The van der Waals surface area contributed by atoms with Crippen LogP contribution in [0.15, 0.2) is 0 Å². The smallest absolute Gasteiger partial charge is 0.0730 e. The van der Waals surface area contributed by atoms with E-state index in [4.69, 9.17) is 10.00 Å². The predicted molar refractivity (Wildman–Crippen MR) is 53.7 cm³/mol. The molecule has 0 aromatic heterocycles. The molecule has 1 aliphatic heterocycles. The maximum Gasteiger partial charge on any atom is 0.0730 e. The summed E-state index contributed by atoms with van der Waals surface area (Å²) in [5.41, 5.74) is -0.0449. The molecule has 78 valence electrons. The Hall–Kier alpha value is -0.590. The van der Waals surface area contributed by atoms with Crippen molar-refractivity contribution >= 4 is 0 Å². The largest absolute Gasteiger partial charge is 0.381 e. The molecule has 0 amide bonds. The van der Waals surface area contributed by atoms with E-state index >= 15 is 0 Å². The molecule has 0 aromatic carbocycles. The van der Waals surface area contributed by atoms with Crippen molar-refractivity contribution in [3.63, 3.8) is 0 Å². The van der Waals surface area contributed by atoms with E-state index in [0.717, 1.165) is 38.9 Å². The van der Waals surface area contributed by atoms with Gasteiger partial charge in [0, 0.05) is 19.3 Å². The number of nitrogens with zero attached hydrogens (tertiary/aromatic N) is 1. The highest BCUT2D eigenvalue weighted by Gasteiger charge is 2.52. The van der Waals surface area contributed by atoms with Crippen molar-refractivity contribution in [2.45, 2.75) is 31.7 Å². The topological polar surface area (TPSA) is 45.0 Å². The van der Waals surface area contributed by atoms with E-state index in [9.17, 15) is 0 Å². The number of nitrogens with one attached hydrogen (secondary N) is 1. The second kappa shape index (κ2) is 3.88. The Kier molecular flexibility index (Phi) is 2.76. The lowest BCUT2D eigenvalue weighted by atomic mass is 9.82. The number of hydrogen-bond acceptors (Lipinski definition) is 3. The zero-order chi connectivity index (χ0) is 10.0. The Labute approximate surface area is 85.4 Å². The van der Waals surface area contributed by atoms with Crippen molar-refractivity contribution in [2.24, 2.45) is 11.3 Å². The number of rotatable bonds is 3. The quantitative estimate of drug-likeness (QED) is 0.736. The van der Waals surface area contributed by atoms with Crippen LogP contribution in [-0.2, 0) is 4.74 Å². The molecule has 0 aromatic rings. The summed E-state index contributed by atoms with van der Waals surface area (Å²) < 4.78 is 5.35. The van der Waals surface area contributed by atoms with Crippen LogP contribution in [0.2, 0.25) is 0 Å². The van der Waals surface area contributed by atoms with Gasteiger partial charge in [0.15, 0.2) is 0 Å². The number of nitriles is 1. The van der Waals surface area contributed by atoms with E-state index in [0.29, 0.717) is 12.0 Å². The lowest BCUT2D eigenvalue weighted by Crippen LogP contribution is -2.43. The maximum atomic E-state index is 9.17. The van der Waals surface area contributed by atoms with Crippen molar-refractivity contribution < 1.29 is 4.74 Å². The van der Waals surface area contributed by atoms with Gasteiger partial charge < -0.3 is 10.1 Å². The Bertz CT molecular complexity index is 236. The van der Waals surface area contributed by atoms with Gasteiger partial charge in [0.2, 0.25) is 0 Å². The zero-order valence-corrected chi connectivity index (χ0v) is 8.75. The van der Waals surface area contributed by atoms with Crippen LogP contribution < -0.4 is 5.32 Å². The van der Waals surface area contributed by atoms with E-state index in [1.807, 2.05) is 7.05 Å². The molecule has 0 bridgehead atoms. The van der Waals surface area contributed by atoms with E-state index < -0.39 is 0 Å². The Morgan fingerprint density at radius 1 is 1.43 bits per heavy atom. The van der Waals surface area contributed by atoms with Crippen LogP contribution in [0.3, 0.4) is 0 Å². The van der Waals surface area contributed by atoms with Gasteiger partial charge in [-0.25, -0.2) is 0 Å². The van der Waals surface area contributed by atoms with Gasteiger partial charge >= 0.3 is 0 Å². The summed E-state index contributed by atoms with van der Waals surface area (Å²) in [6.07, 6.45) is 4.36. The van der Waals surface area contributed by atoms with Crippen molar-refractivity contribution in [2.75, 3.05) is 20.3 Å². The van der Waals surface area contributed by atoms with E-state index in [1.165, 1.54) is 0 Å². The summed E-state index contributed by atoms with van der Waals surface area (Å²) >= 11 is 0. The third-order valence-corrected chi connectivity index (χ3v) is 3.66. The average Bonchev–Trinajstić information content (AvgIpc) is 3.02. The molecule has 0 spiro atoms. The molecule has 1 saturated heterocycles. The lowest BCUT2D eigenvalue weighted by Gasteiger charge is -2.33. The number of hydrogen-bond donors (Lipinski definition) is 1. The molecule has 14 heavy (non-hydrogen) atoms. The SMILES string of the molecule is CNC(C1CCOCC1)C1(C#N)CC1. The summed E-state index contributed by atoms with van der Waals surface area (Å²) in [7, 11) is 1.98. The van der Waals surface area contributed by atoms with Crippen molar-refractivity contribution in [3.05, 3.63) is 0 Å². The van der Waals surface area contributed by atoms with E-state index in [1.54, 1.807) is 0 Å². The normalized spacial score (nSPS) is 28.0. The van der Waals surface area contributed by atoms with Gasteiger partial charge in [0.1, 0.15) is 0 Å². The third-order valence-electron chi connectivity index (χ3n) is 3.66. The molecule has 3 heteroatoms. The first-order valence-corrected chi connectivity index (χ1v) is 5.49. The van der Waals surface area contributed by atoms with Gasteiger partial charge in [-0.15, -0.1) is 0 Å². The average molecular weight is 194 g/mol. The molecule has 1 unspecified atom stereocenters. The summed E-state index contributed by atoms with van der Waals surface area (Å²) in [5, 5.41) is 12.5. The molecule has 1 atom stereocenters. The van der Waals surface area contributed by atoms with Crippen LogP contribution in [0.25, 0.3) is 0 Å². The molecule has 1 heterocycles. The maximum absolute atomic E-state index is 9.17. The standard InChI is InChI=1S/C11H18N2O/c1-13-10(11(8-12)4-5-11)9-2-6-14-7-3-9/h9-10,13H,2-7H2,1H3. The Morgan fingerprint density at radius 3 is 2.50 bits per heavy atom. The minimum absolute atomic E-state index is 0.0449. The van der Waals surface area contributed by atoms with Crippen LogP contribution in [0.5, 0.6) is 0 Å². The fourth-order valence-corrected chi connectivity index (χ4v) is 2.64. The van der Waals surface area contributed by atoms with Crippen LogP contribution in [-0.4, -0.2) is 26.3 Å². The van der Waals surface area contributed by atoms with E-state index in [2.05, 4.69) is 11.4 Å². The Morgan fingerprint density at radius 2 is 2.07 bits per heavy atom. The Balaban J connectivity index is 2.02. The second-order valence-electron chi connectivity index (χ2n) is 4.48. The van der Waals surface area contributed by atoms with Gasteiger partial charge in [-0.3, -0.25) is 0 Å². The molecule has 1 saturated carbocycles. The van der Waals surface area contributed by atoms with E-state index in [-0.39, 0.29) is 5.41 Å². The molecule has 2 rings (SSSR count). The highest BCUT2D eigenvalue weighted by Crippen LogP contribution is 2.51. The molecule has 1 aliphatic carbocycles. The van der Waals surface area contributed by atoms with Crippen LogP contribution in [0.4, 0.5) is 0 Å². The first kappa shape index (κ1) is 9.95. The van der Waals surface area contributed by atoms with Crippen molar-refractivity contribution in [3.8, 4) is 6.07 Å². The minimum Gasteiger partial charge on any atom is -0.381 e. The van der Waals surface area contributed by atoms with Gasteiger partial charge in [-0.05, 0) is 38.6 Å². The van der Waals surface area contributed by atoms with Crippen molar-refractivity contribution in [1.82, 2.24) is 5.32 Å². The lowest BCUT2D eigenvalue weighted by molar-refractivity contribution is 0.0477. The minimum atomic E-state index is -0.0449. The van der Waals surface area contributed by atoms with Crippen molar-refractivity contribution in [1.29, 1.82) is 5.26 Å². The molecule has 2 aliphatic rings. The molecule has 3 nitrogen and oxygen atoms in total. The van der Waals surface area contributed by atoms with Crippen LogP contribution in [0, 0.1) is 22.7 Å². The third kappa shape index (κ3) is 1.65. The highest BCUT2D eigenvalue weighted by atomic mass is 16.5. The fourth-order valence-electron chi connectivity index (χ4n) is 2.64. The fraction of sp³-hybridized carbons (Fsp3) is 0.909.